The number of hydrogen-bond acceptors (Lipinski definition) is 3. The molecule has 1 amide bonds. The molecule has 0 fully saturated rings. The Hall–Kier alpha value is -1.95. The predicted molar refractivity (Wildman–Crippen MR) is 69.4 cm³/mol. The van der Waals surface area contributed by atoms with Crippen molar-refractivity contribution in [1.82, 2.24) is 4.90 Å². The first-order chi connectivity index (χ1) is 8.75. The molecule has 0 radical (unpaired) electrons. The Morgan fingerprint density at radius 2 is 1.95 bits per heavy atom. The van der Waals surface area contributed by atoms with Gasteiger partial charge in [-0.05, 0) is 33.0 Å². The fraction of sp³-hybridized carbons (Fsp3) is 0.385. The number of aliphatic carboxylic acids is 1. The van der Waals surface area contributed by atoms with Crippen molar-refractivity contribution in [3.63, 3.8) is 0 Å². The molecule has 104 valence electrons. The first-order valence-corrected chi connectivity index (χ1v) is 5.74. The van der Waals surface area contributed by atoms with Crippen molar-refractivity contribution in [1.29, 1.82) is 0 Å². The van der Waals surface area contributed by atoms with Gasteiger partial charge in [-0.1, -0.05) is 12.1 Å². The number of likely N-dealkylation sites (N-methyl/N-ethyl adjacent to an activating group) is 1. The van der Waals surface area contributed by atoms with Crippen LogP contribution in [0, 0.1) is 5.82 Å². The van der Waals surface area contributed by atoms with E-state index in [1.54, 1.807) is 6.07 Å². The lowest BCUT2D eigenvalue weighted by molar-refractivity contribution is -0.148. The Morgan fingerprint density at radius 3 is 2.47 bits per heavy atom. The Balaban J connectivity index is 2.67. The van der Waals surface area contributed by atoms with Crippen LogP contribution in [0.2, 0.25) is 0 Å². The fourth-order valence-corrected chi connectivity index (χ4v) is 1.33. The van der Waals surface area contributed by atoms with Crippen LogP contribution < -0.4 is 5.32 Å². The van der Waals surface area contributed by atoms with Gasteiger partial charge in [0, 0.05) is 0 Å². The number of hydrogen-bond donors (Lipinski definition) is 2. The Kier molecular flexibility index (Phi) is 4.61. The summed E-state index contributed by atoms with van der Waals surface area (Å²) in [6.07, 6.45) is 0. The predicted octanol–water partition coefficient (Wildman–Crippen LogP) is 1.56. The van der Waals surface area contributed by atoms with Crippen LogP contribution in [-0.4, -0.2) is 41.0 Å². The van der Waals surface area contributed by atoms with Crippen LogP contribution in [0.25, 0.3) is 0 Å². The van der Waals surface area contributed by atoms with Gasteiger partial charge in [-0.2, -0.15) is 0 Å². The van der Waals surface area contributed by atoms with Crippen LogP contribution >= 0.6 is 0 Å². The SMILES string of the molecule is CN(CC(=O)Nc1ccccc1F)C(C)(C)C(=O)O. The first-order valence-electron chi connectivity index (χ1n) is 5.74. The van der Waals surface area contributed by atoms with Gasteiger partial charge in [0.15, 0.2) is 0 Å². The van der Waals surface area contributed by atoms with Gasteiger partial charge in [0.25, 0.3) is 0 Å². The number of anilines is 1. The summed E-state index contributed by atoms with van der Waals surface area (Å²) in [5, 5.41) is 11.4. The topological polar surface area (TPSA) is 69.6 Å². The highest BCUT2D eigenvalue weighted by Gasteiger charge is 2.33. The Bertz CT molecular complexity index is 489. The zero-order chi connectivity index (χ0) is 14.6. The van der Waals surface area contributed by atoms with Crippen molar-refractivity contribution in [2.75, 3.05) is 18.9 Å². The van der Waals surface area contributed by atoms with E-state index >= 15 is 0 Å². The van der Waals surface area contributed by atoms with E-state index in [1.165, 1.54) is 44.0 Å². The van der Waals surface area contributed by atoms with Crippen LogP contribution in [0.5, 0.6) is 0 Å². The molecule has 1 aromatic carbocycles. The lowest BCUT2D eigenvalue weighted by atomic mass is 10.0. The highest BCUT2D eigenvalue weighted by molar-refractivity contribution is 5.92. The number of benzene rings is 1. The maximum Gasteiger partial charge on any atom is 0.323 e. The van der Waals surface area contributed by atoms with Gasteiger partial charge in [-0.3, -0.25) is 14.5 Å². The summed E-state index contributed by atoms with van der Waals surface area (Å²) in [4.78, 5) is 24.1. The zero-order valence-electron chi connectivity index (χ0n) is 11.1. The quantitative estimate of drug-likeness (QED) is 0.850. The summed E-state index contributed by atoms with van der Waals surface area (Å²) in [6, 6.07) is 5.80. The van der Waals surface area contributed by atoms with Crippen molar-refractivity contribution in [2.45, 2.75) is 19.4 Å². The van der Waals surface area contributed by atoms with Crippen molar-refractivity contribution < 1.29 is 19.1 Å². The number of nitrogens with one attached hydrogen (secondary N) is 1. The molecule has 1 rings (SSSR count). The third-order valence-electron chi connectivity index (χ3n) is 3.01. The normalized spacial score (nSPS) is 11.4. The van der Waals surface area contributed by atoms with Crippen LogP contribution in [0.3, 0.4) is 0 Å². The molecule has 1 aromatic rings. The van der Waals surface area contributed by atoms with Crippen molar-refractivity contribution >= 4 is 17.6 Å². The third-order valence-corrected chi connectivity index (χ3v) is 3.01. The Labute approximate surface area is 111 Å². The van der Waals surface area contributed by atoms with Gasteiger partial charge in [0.05, 0.1) is 12.2 Å². The van der Waals surface area contributed by atoms with Gasteiger partial charge < -0.3 is 10.4 Å². The number of nitrogens with zero attached hydrogens (tertiary/aromatic N) is 1. The molecular weight excluding hydrogens is 251 g/mol. The molecule has 6 heteroatoms. The molecule has 0 saturated carbocycles. The van der Waals surface area contributed by atoms with E-state index in [2.05, 4.69) is 5.32 Å². The van der Waals surface area contributed by atoms with Crippen molar-refractivity contribution in [3.05, 3.63) is 30.1 Å². The molecule has 2 N–H and O–H groups in total. The molecule has 0 saturated heterocycles. The molecule has 0 bridgehead atoms. The van der Waals surface area contributed by atoms with Gasteiger partial charge in [-0.25, -0.2) is 4.39 Å². The summed E-state index contributed by atoms with van der Waals surface area (Å²) in [6.45, 7) is 2.84. The second-order valence-corrected chi connectivity index (χ2v) is 4.75. The highest BCUT2D eigenvalue weighted by atomic mass is 19.1. The van der Waals surface area contributed by atoms with Gasteiger partial charge >= 0.3 is 5.97 Å². The smallest absolute Gasteiger partial charge is 0.323 e. The average molecular weight is 268 g/mol. The summed E-state index contributed by atoms with van der Waals surface area (Å²) < 4.78 is 13.3. The Morgan fingerprint density at radius 1 is 1.37 bits per heavy atom. The number of carboxylic acids is 1. The van der Waals surface area contributed by atoms with E-state index in [0.717, 1.165) is 0 Å². The monoisotopic (exact) mass is 268 g/mol. The van der Waals surface area contributed by atoms with Crippen molar-refractivity contribution in [2.24, 2.45) is 0 Å². The van der Waals surface area contributed by atoms with Crippen molar-refractivity contribution in [3.8, 4) is 0 Å². The fourth-order valence-electron chi connectivity index (χ4n) is 1.33. The number of halogens is 1. The highest BCUT2D eigenvalue weighted by Crippen LogP contribution is 2.14. The van der Waals surface area contributed by atoms with Crippen LogP contribution in [0.4, 0.5) is 10.1 Å². The second kappa shape index (κ2) is 5.79. The van der Waals surface area contributed by atoms with E-state index in [4.69, 9.17) is 5.11 Å². The molecule has 5 nitrogen and oxygen atoms in total. The molecule has 0 aliphatic rings. The lowest BCUT2D eigenvalue weighted by Gasteiger charge is -2.30. The van der Waals surface area contributed by atoms with Gasteiger partial charge in [0.2, 0.25) is 5.91 Å². The number of rotatable bonds is 5. The number of carbonyl (C=O) groups is 2. The molecule has 0 aromatic heterocycles. The molecule has 0 atom stereocenters. The standard InChI is InChI=1S/C13H17FN2O3/c1-13(2,12(18)19)16(3)8-11(17)15-10-7-5-4-6-9(10)14/h4-7H,8H2,1-3H3,(H,15,17)(H,18,19). The van der Waals surface area contributed by atoms with Crippen LogP contribution in [-0.2, 0) is 9.59 Å². The summed E-state index contributed by atoms with van der Waals surface area (Å²) in [5.41, 5.74) is -1.10. The van der Waals surface area contributed by atoms with Crippen LogP contribution in [0.1, 0.15) is 13.8 Å². The second-order valence-electron chi connectivity index (χ2n) is 4.75. The summed E-state index contributed by atoms with van der Waals surface area (Å²) in [7, 11) is 1.52. The largest absolute Gasteiger partial charge is 0.480 e. The maximum absolute atomic E-state index is 13.3. The van der Waals surface area contributed by atoms with E-state index in [0.29, 0.717) is 0 Å². The van der Waals surface area contributed by atoms with E-state index < -0.39 is 23.2 Å². The maximum atomic E-state index is 13.3. The van der Waals surface area contributed by atoms with Gasteiger partial charge in [-0.15, -0.1) is 0 Å². The average Bonchev–Trinajstić information content (AvgIpc) is 2.31. The molecular formula is C13H17FN2O3. The number of para-hydroxylation sites is 1. The molecule has 0 unspecified atom stereocenters. The molecule has 0 aliphatic carbocycles. The molecule has 0 spiro atoms. The molecule has 0 aliphatic heterocycles. The number of carbonyl (C=O) groups excluding carboxylic acids is 1. The summed E-state index contributed by atoms with van der Waals surface area (Å²) >= 11 is 0. The van der Waals surface area contributed by atoms with E-state index in [-0.39, 0.29) is 12.2 Å². The molecule has 19 heavy (non-hydrogen) atoms. The summed E-state index contributed by atoms with van der Waals surface area (Å²) in [5.74, 6) is -2.04. The van der Waals surface area contributed by atoms with Crippen LogP contribution in [0.15, 0.2) is 24.3 Å². The number of amides is 1. The van der Waals surface area contributed by atoms with E-state index in [1.807, 2.05) is 0 Å². The minimum Gasteiger partial charge on any atom is -0.480 e. The van der Waals surface area contributed by atoms with E-state index in [9.17, 15) is 14.0 Å². The zero-order valence-corrected chi connectivity index (χ0v) is 11.1. The minimum absolute atomic E-state index is 0.0778. The van der Waals surface area contributed by atoms with Gasteiger partial charge in [0.1, 0.15) is 11.4 Å². The molecule has 0 heterocycles. The minimum atomic E-state index is -1.17. The lowest BCUT2D eigenvalue weighted by Crippen LogP contribution is -2.50. The first kappa shape index (κ1) is 15.1. The number of carboxylic acid groups (broad SMARTS) is 1. The third kappa shape index (κ3) is 3.75.